The number of carbonyl (C=O) groups excluding carboxylic acids is 1. The van der Waals surface area contributed by atoms with E-state index in [0.29, 0.717) is 50.0 Å². The van der Waals surface area contributed by atoms with Gasteiger partial charge in [-0.25, -0.2) is 14.4 Å². The Kier molecular flexibility index (Phi) is 5.77. The van der Waals surface area contributed by atoms with Crippen LogP contribution in [0.2, 0.25) is 5.02 Å². The molecule has 1 aliphatic rings. The zero-order chi connectivity index (χ0) is 22.9. The predicted molar refractivity (Wildman–Crippen MR) is 126 cm³/mol. The van der Waals surface area contributed by atoms with Crippen LogP contribution >= 0.6 is 23.4 Å². The van der Waals surface area contributed by atoms with Crippen molar-refractivity contribution >= 4 is 52.1 Å². The molecule has 1 saturated carbocycles. The highest BCUT2D eigenvalue weighted by atomic mass is 35.5. The van der Waals surface area contributed by atoms with Gasteiger partial charge in [-0.3, -0.25) is 9.89 Å². The number of amides is 1. The van der Waals surface area contributed by atoms with Gasteiger partial charge in [0, 0.05) is 42.2 Å². The minimum Gasteiger partial charge on any atom is -0.329 e. The summed E-state index contributed by atoms with van der Waals surface area (Å²) in [7, 11) is 1.83. The lowest BCUT2D eigenvalue weighted by atomic mass is 10.0. The number of hydrogen-bond donors (Lipinski definition) is 2. The number of halogens is 2. The van der Waals surface area contributed by atoms with E-state index in [4.69, 9.17) is 11.6 Å². The van der Waals surface area contributed by atoms with Crippen LogP contribution in [0, 0.1) is 5.82 Å². The third-order valence-electron chi connectivity index (χ3n) is 5.02. The summed E-state index contributed by atoms with van der Waals surface area (Å²) in [5.41, 5.74) is 2.36. The molecule has 11 heteroatoms. The molecule has 0 radical (unpaired) electrons. The second-order valence-corrected chi connectivity index (χ2v) is 8.90. The van der Waals surface area contributed by atoms with Crippen LogP contribution in [-0.2, 0) is 11.8 Å². The number of H-pyrrole nitrogens is 1. The number of hydrogen-bond acceptors (Lipinski definition) is 5. The Labute approximate surface area is 197 Å². The molecule has 8 nitrogen and oxygen atoms in total. The number of fused-ring (bicyclic) bond motifs is 2. The standard InChI is InChI=1S/C19H13ClFN7OS.C3H6/c1-27-5-4-22-19(27)30-18-16(21)15(20)14(11-6-24-26-17(11)18)10-2-3-13-25-12(23-9-29)8-28(13)7-10;1-2-3-1/h2-9H,1H3,(H,23,29)(H,24,26);1-3H2. The Morgan fingerprint density at radius 3 is 2.79 bits per heavy atom. The second-order valence-electron chi connectivity index (χ2n) is 7.55. The quantitative estimate of drug-likeness (QED) is 0.331. The molecule has 0 saturated heterocycles. The molecule has 4 aromatic heterocycles. The number of rotatable bonds is 5. The van der Waals surface area contributed by atoms with Gasteiger partial charge in [-0.2, -0.15) is 5.10 Å². The largest absolute Gasteiger partial charge is 0.329 e. The van der Waals surface area contributed by atoms with Crippen LogP contribution < -0.4 is 5.32 Å². The van der Waals surface area contributed by atoms with E-state index in [1.165, 1.54) is 31.0 Å². The molecule has 2 N–H and O–H groups in total. The fourth-order valence-corrected chi connectivity index (χ4v) is 4.59. The first-order valence-corrected chi connectivity index (χ1v) is 11.4. The first-order chi connectivity index (χ1) is 16.1. The molecule has 0 spiro atoms. The second kappa shape index (κ2) is 8.87. The molecule has 0 bridgehead atoms. The molecule has 0 atom stereocenters. The van der Waals surface area contributed by atoms with Gasteiger partial charge in [0.05, 0.1) is 27.8 Å². The van der Waals surface area contributed by atoms with Crippen LogP contribution in [0.1, 0.15) is 19.3 Å². The third-order valence-corrected chi connectivity index (χ3v) is 6.54. The average molecular weight is 484 g/mol. The molecule has 0 aliphatic heterocycles. The SMILES string of the molecule is C1CC1.Cn1ccnc1Sc1c(F)c(Cl)c(-c2ccc3nc(NC=O)cn3c2)c2cn[nH]c12. The summed E-state index contributed by atoms with van der Waals surface area (Å²) in [4.78, 5) is 19.5. The molecule has 1 aliphatic carbocycles. The first-order valence-electron chi connectivity index (χ1n) is 10.3. The topological polar surface area (TPSA) is 92.9 Å². The van der Waals surface area contributed by atoms with E-state index in [-0.39, 0.29) is 5.02 Å². The van der Waals surface area contributed by atoms with Crippen LogP contribution in [0.4, 0.5) is 10.2 Å². The van der Waals surface area contributed by atoms with Crippen LogP contribution in [0.15, 0.2) is 53.2 Å². The summed E-state index contributed by atoms with van der Waals surface area (Å²) in [5.74, 6) is -0.139. The van der Waals surface area contributed by atoms with Gasteiger partial charge >= 0.3 is 0 Å². The van der Waals surface area contributed by atoms with Crippen LogP contribution in [0.25, 0.3) is 27.7 Å². The van der Waals surface area contributed by atoms with E-state index < -0.39 is 5.82 Å². The number of aromatic nitrogens is 6. The number of aromatic amines is 1. The molecular weight excluding hydrogens is 465 g/mol. The minimum atomic E-state index is -0.551. The van der Waals surface area contributed by atoms with Gasteiger partial charge in [-0.15, -0.1) is 0 Å². The number of nitrogens with one attached hydrogen (secondary N) is 2. The van der Waals surface area contributed by atoms with Crippen molar-refractivity contribution in [2.24, 2.45) is 7.05 Å². The number of nitrogens with zero attached hydrogens (tertiary/aromatic N) is 5. The maximum absolute atomic E-state index is 15.4. The van der Waals surface area contributed by atoms with Crippen molar-refractivity contribution in [3.63, 3.8) is 0 Å². The number of carbonyl (C=O) groups is 1. The van der Waals surface area contributed by atoms with E-state index >= 15 is 4.39 Å². The number of anilines is 1. The fraction of sp³-hybridized carbons (Fsp3) is 0.182. The Balaban J connectivity index is 0.000000705. The normalized spacial score (nSPS) is 12.6. The maximum Gasteiger partial charge on any atom is 0.212 e. The molecule has 6 rings (SSSR count). The summed E-state index contributed by atoms with van der Waals surface area (Å²) >= 11 is 7.69. The van der Waals surface area contributed by atoms with Gasteiger partial charge < -0.3 is 14.3 Å². The van der Waals surface area contributed by atoms with Gasteiger partial charge in [-0.05, 0) is 23.9 Å². The van der Waals surface area contributed by atoms with Crippen molar-refractivity contribution in [2.45, 2.75) is 29.3 Å². The van der Waals surface area contributed by atoms with Crippen molar-refractivity contribution in [1.82, 2.24) is 29.1 Å². The van der Waals surface area contributed by atoms with E-state index in [1.807, 2.05) is 7.05 Å². The monoisotopic (exact) mass is 483 g/mol. The highest BCUT2D eigenvalue weighted by Gasteiger charge is 2.23. The lowest BCUT2D eigenvalue weighted by molar-refractivity contribution is -0.105. The van der Waals surface area contributed by atoms with Gasteiger partial charge in [0.25, 0.3) is 0 Å². The van der Waals surface area contributed by atoms with Crippen molar-refractivity contribution in [1.29, 1.82) is 0 Å². The molecule has 4 heterocycles. The van der Waals surface area contributed by atoms with Crippen molar-refractivity contribution in [3.8, 4) is 11.1 Å². The Morgan fingerprint density at radius 1 is 1.27 bits per heavy atom. The summed E-state index contributed by atoms with van der Waals surface area (Å²) in [5, 5.41) is 10.8. The molecule has 0 unspecified atom stereocenters. The van der Waals surface area contributed by atoms with Crippen LogP contribution in [0.5, 0.6) is 0 Å². The zero-order valence-electron chi connectivity index (χ0n) is 17.5. The highest BCUT2D eigenvalue weighted by Crippen LogP contribution is 2.43. The molecule has 1 fully saturated rings. The van der Waals surface area contributed by atoms with E-state index in [9.17, 15) is 4.79 Å². The van der Waals surface area contributed by atoms with Crippen molar-refractivity contribution in [2.75, 3.05) is 5.32 Å². The average Bonchev–Trinajstić information content (AvgIpc) is 3.37. The van der Waals surface area contributed by atoms with Crippen molar-refractivity contribution < 1.29 is 9.18 Å². The smallest absolute Gasteiger partial charge is 0.212 e. The summed E-state index contributed by atoms with van der Waals surface area (Å²) < 4.78 is 18.9. The molecule has 1 aromatic carbocycles. The van der Waals surface area contributed by atoms with Gasteiger partial charge in [0.2, 0.25) is 6.41 Å². The highest BCUT2D eigenvalue weighted by molar-refractivity contribution is 7.99. The zero-order valence-corrected chi connectivity index (χ0v) is 19.1. The van der Waals surface area contributed by atoms with Gasteiger partial charge in [0.15, 0.2) is 16.8 Å². The number of imidazole rings is 2. The number of benzene rings is 1. The Hall–Kier alpha value is -3.37. The molecule has 33 heavy (non-hydrogen) atoms. The van der Waals surface area contributed by atoms with Gasteiger partial charge in [0.1, 0.15) is 5.65 Å². The summed E-state index contributed by atoms with van der Waals surface area (Å²) in [6.45, 7) is 0. The van der Waals surface area contributed by atoms with E-state index in [2.05, 4.69) is 25.5 Å². The third kappa shape index (κ3) is 4.19. The Morgan fingerprint density at radius 2 is 2.09 bits per heavy atom. The Bertz CT molecular complexity index is 1470. The number of aryl methyl sites for hydroxylation is 1. The molecular formula is C22H19ClFN7OS. The number of pyridine rings is 1. The maximum atomic E-state index is 15.4. The summed E-state index contributed by atoms with van der Waals surface area (Å²) in [6, 6.07) is 3.56. The first kappa shape index (κ1) is 21.5. The van der Waals surface area contributed by atoms with Gasteiger partial charge in [-0.1, -0.05) is 30.9 Å². The minimum absolute atomic E-state index is 0.00804. The lowest BCUT2D eigenvalue weighted by Crippen LogP contribution is -1.95. The molecule has 5 aromatic rings. The van der Waals surface area contributed by atoms with Crippen molar-refractivity contribution in [3.05, 3.63) is 54.0 Å². The van der Waals surface area contributed by atoms with E-state index in [1.54, 1.807) is 52.1 Å². The van der Waals surface area contributed by atoms with Crippen LogP contribution in [-0.4, -0.2) is 35.5 Å². The molecule has 1 amide bonds. The molecule has 168 valence electrons. The predicted octanol–water partition coefficient (Wildman–Crippen LogP) is 5.29. The lowest BCUT2D eigenvalue weighted by Gasteiger charge is -2.12. The van der Waals surface area contributed by atoms with E-state index in [0.717, 1.165) is 0 Å². The van der Waals surface area contributed by atoms with Crippen LogP contribution in [0.3, 0.4) is 0 Å². The summed E-state index contributed by atoms with van der Waals surface area (Å²) in [6.07, 6.45) is 13.5. The fourth-order valence-electron chi connectivity index (χ4n) is 3.28.